The van der Waals surface area contributed by atoms with Gasteiger partial charge in [-0.05, 0) is 24.6 Å². The predicted octanol–water partition coefficient (Wildman–Crippen LogP) is 3.87. The summed E-state index contributed by atoms with van der Waals surface area (Å²) in [5.74, 6) is 1.13. The second-order valence-corrected chi connectivity index (χ2v) is 7.38. The van der Waals surface area contributed by atoms with Crippen molar-refractivity contribution in [2.24, 2.45) is 0 Å². The maximum atomic E-state index is 10.8. The Bertz CT molecular complexity index is 447. The van der Waals surface area contributed by atoms with E-state index in [1.807, 2.05) is 23.9 Å². The first kappa shape index (κ1) is 13.8. The fourth-order valence-corrected chi connectivity index (χ4v) is 3.41. The first-order chi connectivity index (χ1) is 8.52. The second-order valence-electron chi connectivity index (χ2n) is 5.17. The molecule has 1 aromatic carbocycles. The van der Waals surface area contributed by atoms with E-state index in [0.29, 0.717) is 15.3 Å². The van der Waals surface area contributed by atoms with E-state index >= 15 is 0 Å². The molecule has 0 spiro atoms. The summed E-state index contributed by atoms with van der Waals surface area (Å²) in [5.41, 5.74) is 1.67. The van der Waals surface area contributed by atoms with Crippen LogP contribution in [0.25, 0.3) is 0 Å². The zero-order valence-corrected chi connectivity index (χ0v) is 12.4. The van der Waals surface area contributed by atoms with Gasteiger partial charge in [0.1, 0.15) is 0 Å². The molecule has 0 radical (unpaired) electrons. The van der Waals surface area contributed by atoms with Crippen LogP contribution < -0.4 is 4.90 Å². The van der Waals surface area contributed by atoms with Crippen LogP contribution in [0.5, 0.6) is 0 Å². The fourth-order valence-electron chi connectivity index (χ4n) is 2.09. The Morgan fingerprint density at radius 2 is 2.17 bits per heavy atom. The predicted molar refractivity (Wildman–Crippen MR) is 80.2 cm³/mol. The lowest BCUT2D eigenvalue weighted by molar-refractivity contribution is 0.112. The van der Waals surface area contributed by atoms with Gasteiger partial charge in [-0.25, -0.2) is 0 Å². The molecular weight excluding hydrogens is 266 g/mol. The third kappa shape index (κ3) is 3.21. The van der Waals surface area contributed by atoms with Gasteiger partial charge in [0.2, 0.25) is 0 Å². The van der Waals surface area contributed by atoms with Gasteiger partial charge in [-0.3, -0.25) is 4.79 Å². The van der Waals surface area contributed by atoms with Gasteiger partial charge in [0.05, 0.1) is 5.02 Å². The molecular formula is C14H18ClNOS. The number of nitrogens with zero attached hydrogens (tertiary/aromatic N) is 1. The molecule has 2 rings (SSSR count). The highest BCUT2D eigenvalue weighted by atomic mass is 35.5. The number of thioether (sulfide) groups is 1. The largest absolute Gasteiger partial charge is 0.371 e. The smallest absolute Gasteiger partial charge is 0.151 e. The minimum atomic E-state index is 0.348. The molecule has 0 aliphatic carbocycles. The summed E-state index contributed by atoms with van der Waals surface area (Å²) in [6.45, 7) is 6.66. The number of halogens is 1. The van der Waals surface area contributed by atoms with E-state index in [-0.39, 0.29) is 0 Å². The van der Waals surface area contributed by atoms with E-state index in [1.165, 1.54) is 0 Å². The van der Waals surface area contributed by atoms with E-state index in [9.17, 15) is 4.79 Å². The van der Waals surface area contributed by atoms with Gasteiger partial charge in [-0.1, -0.05) is 25.4 Å². The molecule has 0 saturated carbocycles. The lowest BCUT2D eigenvalue weighted by Crippen LogP contribution is -2.26. The second kappa shape index (κ2) is 5.54. The Balaban J connectivity index is 2.16. The van der Waals surface area contributed by atoms with Crippen LogP contribution in [-0.2, 0) is 0 Å². The molecule has 1 aliphatic heterocycles. The molecule has 1 aromatic rings. The number of anilines is 1. The van der Waals surface area contributed by atoms with Crippen molar-refractivity contribution in [3.63, 3.8) is 0 Å². The summed E-state index contributed by atoms with van der Waals surface area (Å²) in [6, 6.07) is 5.68. The summed E-state index contributed by atoms with van der Waals surface area (Å²) in [7, 11) is 0. The number of carbonyl (C=O) groups is 1. The Morgan fingerprint density at radius 3 is 2.83 bits per heavy atom. The SMILES string of the molecule is CC1(C)CCN(c2ccc(C=O)c(Cl)c2)CCS1. The van der Waals surface area contributed by atoms with Gasteiger partial charge in [0.25, 0.3) is 0 Å². The minimum absolute atomic E-state index is 0.348. The van der Waals surface area contributed by atoms with Crippen molar-refractivity contribution in [2.45, 2.75) is 25.0 Å². The first-order valence-electron chi connectivity index (χ1n) is 6.15. The van der Waals surface area contributed by atoms with E-state index in [0.717, 1.165) is 37.2 Å². The minimum Gasteiger partial charge on any atom is -0.371 e. The van der Waals surface area contributed by atoms with Gasteiger partial charge >= 0.3 is 0 Å². The Hall–Kier alpha value is -0.670. The van der Waals surface area contributed by atoms with Gasteiger partial charge < -0.3 is 4.90 Å². The number of benzene rings is 1. The van der Waals surface area contributed by atoms with Crippen LogP contribution in [0.15, 0.2) is 18.2 Å². The zero-order valence-electron chi connectivity index (χ0n) is 10.8. The maximum Gasteiger partial charge on any atom is 0.151 e. The van der Waals surface area contributed by atoms with E-state index < -0.39 is 0 Å². The summed E-state index contributed by atoms with van der Waals surface area (Å²) in [4.78, 5) is 13.1. The van der Waals surface area contributed by atoms with Gasteiger partial charge in [-0.2, -0.15) is 11.8 Å². The average Bonchev–Trinajstić information content (AvgIpc) is 2.50. The van der Waals surface area contributed by atoms with Crippen LogP contribution in [0, 0.1) is 0 Å². The summed E-state index contributed by atoms with van der Waals surface area (Å²) in [6.07, 6.45) is 1.96. The molecule has 1 heterocycles. The highest BCUT2D eigenvalue weighted by Gasteiger charge is 2.23. The van der Waals surface area contributed by atoms with Crippen molar-refractivity contribution in [3.8, 4) is 0 Å². The highest BCUT2D eigenvalue weighted by molar-refractivity contribution is 8.00. The third-order valence-corrected chi connectivity index (χ3v) is 5.01. The number of aldehydes is 1. The number of carbonyl (C=O) groups excluding carboxylic acids is 1. The van der Waals surface area contributed by atoms with Crippen LogP contribution >= 0.6 is 23.4 Å². The van der Waals surface area contributed by atoms with Crippen molar-refractivity contribution in [1.29, 1.82) is 0 Å². The van der Waals surface area contributed by atoms with Crippen LogP contribution in [0.1, 0.15) is 30.6 Å². The molecule has 0 bridgehead atoms. The molecule has 0 amide bonds. The van der Waals surface area contributed by atoms with Gasteiger partial charge in [0.15, 0.2) is 6.29 Å². The maximum absolute atomic E-state index is 10.8. The summed E-state index contributed by atoms with van der Waals surface area (Å²) in [5, 5.41) is 0.540. The normalized spacial score (nSPS) is 19.4. The summed E-state index contributed by atoms with van der Waals surface area (Å²) >= 11 is 8.10. The van der Waals surface area contributed by atoms with Crippen LogP contribution in [0.3, 0.4) is 0 Å². The quantitative estimate of drug-likeness (QED) is 0.769. The van der Waals surface area contributed by atoms with E-state index in [4.69, 9.17) is 11.6 Å². The number of hydrogen-bond donors (Lipinski definition) is 0. The molecule has 0 unspecified atom stereocenters. The standard InChI is InChI=1S/C14H18ClNOS/c1-14(2)5-6-16(7-8-18-14)12-4-3-11(10-17)13(15)9-12/h3-4,9-10H,5-8H2,1-2H3. The number of rotatable bonds is 2. The lowest BCUT2D eigenvalue weighted by Gasteiger charge is -2.24. The Morgan fingerprint density at radius 1 is 1.39 bits per heavy atom. The van der Waals surface area contributed by atoms with Crippen LogP contribution in [0.2, 0.25) is 5.02 Å². The Labute approximate surface area is 118 Å². The Kier molecular flexibility index (Phi) is 4.23. The zero-order chi connectivity index (χ0) is 13.2. The van der Waals surface area contributed by atoms with Crippen molar-refractivity contribution in [3.05, 3.63) is 28.8 Å². The average molecular weight is 284 g/mol. The fraction of sp³-hybridized carbons (Fsp3) is 0.500. The van der Waals surface area contributed by atoms with Crippen molar-refractivity contribution >= 4 is 35.3 Å². The monoisotopic (exact) mass is 283 g/mol. The molecule has 98 valence electrons. The van der Waals surface area contributed by atoms with Crippen molar-refractivity contribution in [1.82, 2.24) is 0 Å². The van der Waals surface area contributed by atoms with Crippen molar-refractivity contribution in [2.75, 3.05) is 23.7 Å². The summed E-state index contributed by atoms with van der Waals surface area (Å²) < 4.78 is 0.348. The van der Waals surface area contributed by atoms with Gasteiger partial charge in [-0.15, -0.1) is 0 Å². The lowest BCUT2D eigenvalue weighted by atomic mass is 10.1. The molecule has 0 atom stereocenters. The van der Waals surface area contributed by atoms with E-state index in [2.05, 4.69) is 18.7 Å². The molecule has 0 aromatic heterocycles. The molecule has 1 saturated heterocycles. The molecule has 4 heteroatoms. The third-order valence-electron chi connectivity index (χ3n) is 3.31. The van der Waals surface area contributed by atoms with Gasteiger partial charge in [0, 0.05) is 34.8 Å². The first-order valence-corrected chi connectivity index (χ1v) is 7.52. The topological polar surface area (TPSA) is 20.3 Å². The molecule has 18 heavy (non-hydrogen) atoms. The highest BCUT2D eigenvalue weighted by Crippen LogP contribution is 2.33. The molecule has 1 fully saturated rings. The van der Waals surface area contributed by atoms with Crippen LogP contribution in [-0.4, -0.2) is 29.9 Å². The van der Waals surface area contributed by atoms with Crippen molar-refractivity contribution < 1.29 is 4.79 Å². The molecule has 0 N–H and O–H groups in total. The molecule has 2 nitrogen and oxygen atoms in total. The van der Waals surface area contributed by atoms with E-state index in [1.54, 1.807) is 6.07 Å². The molecule has 1 aliphatic rings. The number of hydrogen-bond acceptors (Lipinski definition) is 3. The van der Waals surface area contributed by atoms with Crippen LogP contribution in [0.4, 0.5) is 5.69 Å².